The highest BCUT2D eigenvalue weighted by Gasteiger charge is 2.17. The molecule has 0 saturated heterocycles. The number of Topliss-reactive ketones (excluding diaryl/α,β-unsaturated/α-hetero) is 1. The molecule has 0 saturated carbocycles. The summed E-state index contributed by atoms with van der Waals surface area (Å²) in [5.41, 5.74) is 0. The summed E-state index contributed by atoms with van der Waals surface area (Å²) in [5, 5.41) is 9.44. The number of hydrogen-bond acceptors (Lipinski definition) is 7. The van der Waals surface area contributed by atoms with Crippen LogP contribution in [0.15, 0.2) is 24.4 Å². The van der Waals surface area contributed by atoms with E-state index in [1.165, 1.54) is 11.5 Å². The van der Waals surface area contributed by atoms with Gasteiger partial charge >= 0.3 is 0 Å². The van der Waals surface area contributed by atoms with Gasteiger partial charge in [0, 0.05) is 17.7 Å². The molecule has 0 aliphatic rings. The van der Waals surface area contributed by atoms with Crippen molar-refractivity contribution in [3.05, 3.63) is 30.2 Å². The van der Waals surface area contributed by atoms with Crippen LogP contribution in [0.25, 0.3) is 0 Å². The van der Waals surface area contributed by atoms with E-state index >= 15 is 0 Å². The van der Waals surface area contributed by atoms with Crippen LogP contribution in [-0.4, -0.2) is 38.4 Å². The van der Waals surface area contributed by atoms with Crippen molar-refractivity contribution in [3.8, 4) is 0 Å². The molecule has 2 rings (SSSR count). The lowest BCUT2D eigenvalue weighted by atomic mass is 10.3. The topological polar surface area (TPSA) is 79.2 Å². The van der Waals surface area contributed by atoms with E-state index in [1.54, 1.807) is 30.2 Å². The van der Waals surface area contributed by atoms with Gasteiger partial charge < -0.3 is 5.11 Å². The second kappa shape index (κ2) is 5.65. The van der Waals surface area contributed by atoms with Gasteiger partial charge in [-0.3, -0.25) is 9.69 Å². The number of carbonyl (C=O) groups excluding carboxylic acids is 1. The second-order valence-electron chi connectivity index (χ2n) is 3.60. The zero-order chi connectivity index (χ0) is 13.0. The van der Waals surface area contributed by atoms with Crippen molar-refractivity contribution >= 4 is 28.3 Å². The number of nitrogens with zero attached hydrogens (tertiary/aromatic N) is 4. The zero-order valence-corrected chi connectivity index (χ0v) is 10.6. The van der Waals surface area contributed by atoms with E-state index in [1.807, 2.05) is 6.07 Å². The van der Waals surface area contributed by atoms with Gasteiger partial charge in [0.25, 0.3) is 0 Å². The van der Waals surface area contributed by atoms with Crippen LogP contribution in [0.2, 0.25) is 0 Å². The van der Waals surface area contributed by atoms with Crippen molar-refractivity contribution in [2.75, 3.05) is 18.1 Å². The number of aliphatic hydroxyl groups is 1. The van der Waals surface area contributed by atoms with Crippen molar-refractivity contribution < 1.29 is 9.90 Å². The maximum atomic E-state index is 11.4. The van der Waals surface area contributed by atoms with Gasteiger partial charge in [0.05, 0.1) is 6.54 Å². The Morgan fingerprint density at radius 3 is 2.89 bits per heavy atom. The minimum Gasteiger partial charge on any atom is -0.389 e. The Morgan fingerprint density at radius 1 is 1.50 bits per heavy atom. The molecular formula is C11H12N4O2S. The number of ketones is 1. The molecule has 0 atom stereocenters. The number of anilines is 2. The second-order valence-corrected chi connectivity index (χ2v) is 4.33. The highest BCUT2D eigenvalue weighted by Crippen LogP contribution is 2.24. The van der Waals surface area contributed by atoms with E-state index < -0.39 is 6.61 Å². The SMILES string of the molecule is Cc1nsc(N(CC(=O)CO)c2ccccn2)n1. The lowest BCUT2D eigenvalue weighted by molar-refractivity contribution is -0.120. The van der Waals surface area contributed by atoms with E-state index in [0.29, 0.717) is 16.8 Å². The summed E-state index contributed by atoms with van der Waals surface area (Å²) in [6, 6.07) is 5.40. The highest BCUT2D eigenvalue weighted by molar-refractivity contribution is 7.09. The molecule has 2 aromatic heterocycles. The highest BCUT2D eigenvalue weighted by atomic mass is 32.1. The average Bonchev–Trinajstić information content (AvgIpc) is 2.83. The molecule has 6 nitrogen and oxygen atoms in total. The van der Waals surface area contributed by atoms with Crippen LogP contribution >= 0.6 is 11.5 Å². The third-order valence-electron chi connectivity index (χ3n) is 2.18. The Labute approximate surface area is 108 Å². The number of aliphatic hydroxyl groups excluding tert-OH is 1. The fraction of sp³-hybridized carbons (Fsp3) is 0.273. The number of aromatic nitrogens is 3. The van der Waals surface area contributed by atoms with Crippen LogP contribution in [0.3, 0.4) is 0 Å². The lowest BCUT2D eigenvalue weighted by Crippen LogP contribution is -2.27. The molecule has 0 amide bonds. The van der Waals surface area contributed by atoms with Crippen molar-refractivity contribution in [3.63, 3.8) is 0 Å². The molecule has 2 aromatic rings. The predicted octanol–water partition coefficient (Wildman–Crippen LogP) is 0.941. The summed E-state index contributed by atoms with van der Waals surface area (Å²) in [7, 11) is 0. The summed E-state index contributed by atoms with van der Waals surface area (Å²) >= 11 is 1.20. The third-order valence-corrected chi connectivity index (χ3v) is 3.01. The Balaban J connectivity index is 2.32. The fourth-order valence-corrected chi connectivity index (χ4v) is 2.07. The Morgan fingerprint density at radius 2 is 2.33 bits per heavy atom. The largest absolute Gasteiger partial charge is 0.389 e. The molecule has 0 aromatic carbocycles. The third kappa shape index (κ3) is 2.88. The van der Waals surface area contributed by atoms with Crippen molar-refractivity contribution in [1.29, 1.82) is 0 Å². The van der Waals surface area contributed by atoms with E-state index in [-0.39, 0.29) is 12.3 Å². The molecule has 0 fully saturated rings. The zero-order valence-electron chi connectivity index (χ0n) is 9.78. The summed E-state index contributed by atoms with van der Waals surface area (Å²) in [5.74, 6) is 0.955. The Hall–Kier alpha value is -1.86. The van der Waals surface area contributed by atoms with Crippen LogP contribution in [0, 0.1) is 6.92 Å². The van der Waals surface area contributed by atoms with Gasteiger partial charge in [-0.15, -0.1) is 0 Å². The van der Waals surface area contributed by atoms with Crippen LogP contribution in [0.1, 0.15) is 5.82 Å². The maximum absolute atomic E-state index is 11.4. The predicted molar refractivity (Wildman–Crippen MR) is 68.0 cm³/mol. The van der Waals surface area contributed by atoms with Gasteiger partial charge in [-0.05, 0) is 19.1 Å². The van der Waals surface area contributed by atoms with Gasteiger partial charge in [0.2, 0.25) is 5.13 Å². The standard InChI is InChI=1S/C11H12N4O2S/c1-8-13-11(18-14-8)15(6-9(17)7-16)10-4-2-3-5-12-10/h2-5,16H,6-7H2,1H3. The average molecular weight is 264 g/mol. The maximum Gasteiger partial charge on any atom is 0.211 e. The molecule has 18 heavy (non-hydrogen) atoms. The Bertz CT molecular complexity index is 529. The fourth-order valence-electron chi connectivity index (χ4n) is 1.38. The number of aryl methyl sites for hydroxylation is 1. The summed E-state index contributed by atoms with van der Waals surface area (Å²) in [6.45, 7) is 1.31. The number of hydrogen-bond donors (Lipinski definition) is 1. The van der Waals surface area contributed by atoms with Crippen LogP contribution in [-0.2, 0) is 4.79 Å². The number of pyridine rings is 1. The van der Waals surface area contributed by atoms with Crippen LogP contribution < -0.4 is 4.90 Å². The molecule has 0 bridgehead atoms. The van der Waals surface area contributed by atoms with Crippen molar-refractivity contribution in [1.82, 2.24) is 14.3 Å². The quantitative estimate of drug-likeness (QED) is 0.865. The van der Waals surface area contributed by atoms with Gasteiger partial charge in [0.15, 0.2) is 5.78 Å². The van der Waals surface area contributed by atoms with E-state index in [0.717, 1.165) is 0 Å². The summed E-state index contributed by atoms with van der Waals surface area (Å²) < 4.78 is 4.08. The first-order valence-corrected chi connectivity index (χ1v) is 6.09. The molecule has 94 valence electrons. The number of carbonyl (C=O) groups is 1. The molecule has 0 unspecified atom stereocenters. The van der Waals surface area contributed by atoms with E-state index in [2.05, 4.69) is 14.3 Å². The smallest absolute Gasteiger partial charge is 0.211 e. The lowest BCUT2D eigenvalue weighted by Gasteiger charge is -2.18. The first kappa shape index (κ1) is 12.6. The first-order valence-electron chi connectivity index (χ1n) is 5.32. The van der Waals surface area contributed by atoms with Gasteiger partial charge in [0.1, 0.15) is 18.2 Å². The van der Waals surface area contributed by atoms with Crippen molar-refractivity contribution in [2.45, 2.75) is 6.92 Å². The molecule has 7 heteroatoms. The minimum atomic E-state index is -0.499. The molecule has 1 N–H and O–H groups in total. The molecule has 0 aliphatic carbocycles. The van der Waals surface area contributed by atoms with E-state index in [9.17, 15) is 4.79 Å². The number of rotatable bonds is 5. The van der Waals surface area contributed by atoms with Gasteiger partial charge in [-0.25, -0.2) is 9.97 Å². The summed E-state index contributed by atoms with van der Waals surface area (Å²) in [6.07, 6.45) is 1.64. The molecule has 2 heterocycles. The van der Waals surface area contributed by atoms with E-state index in [4.69, 9.17) is 5.11 Å². The normalized spacial score (nSPS) is 10.3. The van der Waals surface area contributed by atoms with Gasteiger partial charge in [-0.2, -0.15) is 4.37 Å². The molecule has 0 spiro atoms. The van der Waals surface area contributed by atoms with Gasteiger partial charge in [-0.1, -0.05) is 6.07 Å². The first-order chi connectivity index (χ1) is 8.70. The van der Waals surface area contributed by atoms with Crippen LogP contribution in [0.4, 0.5) is 10.9 Å². The van der Waals surface area contributed by atoms with Crippen LogP contribution in [0.5, 0.6) is 0 Å². The minimum absolute atomic E-state index is 0.0299. The van der Waals surface area contributed by atoms with Crippen molar-refractivity contribution in [2.24, 2.45) is 0 Å². The Kier molecular flexibility index (Phi) is 3.96. The molecule has 0 radical (unpaired) electrons. The summed E-state index contributed by atoms with van der Waals surface area (Å²) in [4.78, 5) is 21.5. The monoisotopic (exact) mass is 264 g/mol. The molecule has 0 aliphatic heterocycles. The molecular weight excluding hydrogens is 252 g/mol.